The summed E-state index contributed by atoms with van der Waals surface area (Å²) < 4.78 is 37.3. The number of alkyl halides is 3. The zero-order valence-electron chi connectivity index (χ0n) is 11.4. The van der Waals surface area contributed by atoms with Crippen molar-refractivity contribution in [1.82, 2.24) is 15.2 Å². The highest BCUT2D eigenvalue weighted by Crippen LogP contribution is 2.28. The summed E-state index contributed by atoms with van der Waals surface area (Å²) in [4.78, 5) is 17.3. The van der Waals surface area contributed by atoms with E-state index < -0.39 is 24.8 Å². The number of halogens is 3. The van der Waals surface area contributed by atoms with Gasteiger partial charge in [0.15, 0.2) is 0 Å². The first kappa shape index (κ1) is 15.6. The Kier molecular flexibility index (Phi) is 4.36. The Morgan fingerprint density at radius 1 is 1.43 bits per heavy atom. The van der Waals surface area contributed by atoms with Gasteiger partial charge in [-0.15, -0.1) is 11.3 Å². The summed E-state index contributed by atoms with van der Waals surface area (Å²) in [5.74, 6) is 0. The minimum atomic E-state index is -4.42. The van der Waals surface area contributed by atoms with Crippen molar-refractivity contribution in [2.45, 2.75) is 19.1 Å². The number of benzene rings is 1. The Morgan fingerprint density at radius 2 is 2.10 bits per heavy atom. The molecule has 0 aliphatic heterocycles. The van der Waals surface area contributed by atoms with Gasteiger partial charge in [-0.3, -0.25) is 0 Å². The molecule has 114 valence electrons. The van der Waals surface area contributed by atoms with Crippen LogP contribution < -0.4 is 5.32 Å². The van der Waals surface area contributed by atoms with Gasteiger partial charge < -0.3 is 10.2 Å². The van der Waals surface area contributed by atoms with Gasteiger partial charge in [-0.05, 0) is 19.1 Å². The number of nitrogens with zero attached hydrogens (tertiary/aromatic N) is 2. The number of para-hydroxylation sites is 1. The van der Waals surface area contributed by atoms with Crippen molar-refractivity contribution in [2.75, 3.05) is 13.6 Å². The van der Waals surface area contributed by atoms with E-state index in [1.807, 2.05) is 29.6 Å². The van der Waals surface area contributed by atoms with Gasteiger partial charge >= 0.3 is 12.2 Å². The lowest BCUT2D eigenvalue weighted by molar-refractivity contribution is -0.123. The van der Waals surface area contributed by atoms with Crippen LogP contribution in [-0.4, -0.2) is 35.7 Å². The van der Waals surface area contributed by atoms with E-state index in [0.29, 0.717) is 5.01 Å². The van der Waals surface area contributed by atoms with Gasteiger partial charge in [0.1, 0.15) is 11.6 Å². The number of carbonyl (C=O) groups is 1. The monoisotopic (exact) mass is 317 g/mol. The number of urea groups is 1. The van der Waals surface area contributed by atoms with Gasteiger partial charge in [-0.25, -0.2) is 9.78 Å². The molecule has 0 aliphatic carbocycles. The van der Waals surface area contributed by atoms with E-state index in [0.717, 1.165) is 10.2 Å². The van der Waals surface area contributed by atoms with Crippen LogP contribution in [0.4, 0.5) is 18.0 Å². The predicted molar refractivity (Wildman–Crippen MR) is 75.3 cm³/mol. The van der Waals surface area contributed by atoms with Crippen molar-refractivity contribution < 1.29 is 18.0 Å². The van der Waals surface area contributed by atoms with Crippen LogP contribution >= 0.6 is 11.3 Å². The summed E-state index contributed by atoms with van der Waals surface area (Å²) in [6.07, 6.45) is -4.42. The Labute approximate surface area is 123 Å². The van der Waals surface area contributed by atoms with E-state index in [-0.39, 0.29) is 0 Å². The fourth-order valence-electron chi connectivity index (χ4n) is 1.71. The summed E-state index contributed by atoms with van der Waals surface area (Å²) >= 11 is 1.42. The quantitative estimate of drug-likeness (QED) is 0.941. The van der Waals surface area contributed by atoms with E-state index in [1.54, 1.807) is 6.92 Å². The van der Waals surface area contributed by atoms with Gasteiger partial charge in [0.25, 0.3) is 0 Å². The number of nitrogens with one attached hydrogen (secondary N) is 1. The minimum absolute atomic E-state index is 0.407. The molecular formula is C13H14F3N3OS. The molecule has 1 heterocycles. The molecule has 0 spiro atoms. The third-order valence-electron chi connectivity index (χ3n) is 3.01. The predicted octanol–water partition coefficient (Wildman–Crippen LogP) is 3.56. The first-order chi connectivity index (χ1) is 9.78. The van der Waals surface area contributed by atoms with E-state index in [1.165, 1.54) is 23.3 Å². The molecule has 0 unspecified atom stereocenters. The molecule has 2 aromatic rings. The van der Waals surface area contributed by atoms with E-state index >= 15 is 0 Å². The molecule has 1 N–H and O–H groups in total. The van der Waals surface area contributed by atoms with Crippen molar-refractivity contribution in [2.24, 2.45) is 0 Å². The second-order valence-corrected chi connectivity index (χ2v) is 5.64. The molecule has 0 saturated carbocycles. The summed E-state index contributed by atoms with van der Waals surface area (Å²) in [6.45, 7) is 0.383. The fourth-order valence-corrected chi connectivity index (χ4v) is 2.77. The molecule has 8 heteroatoms. The topological polar surface area (TPSA) is 45.2 Å². The van der Waals surface area contributed by atoms with E-state index in [4.69, 9.17) is 0 Å². The number of hydrogen-bond donors (Lipinski definition) is 1. The highest BCUT2D eigenvalue weighted by molar-refractivity contribution is 7.18. The SMILES string of the molecule is C[C@@H](c1nc2ccccc2s1)N(C)C(=O)NCC(F)(F)F. The minimum Gasteiger partial charge on any atom is -0.329 e. The number of amides is 2. The summed E-state index contributed by atoms with van der Waals surface area (Å²) in [6, 6.07) is 6.32. The average molecular weight is 317 g/mol. The lowest BCUT2D eigenvalue weighted by Gasteiger charge is -2.23. The zero-order chi connectivity index (χ0) is 15.6. The summed E-state index contributed by atoms with van der Waals surface area (Å²) in [7, 11) is 1.45. The lowest BCUT2D eigenvalue weighted by Crippen LogP contribution is -2.42. The molecule has 0 bridgehead atoms. The largest absolute Gasteiger partial charge is 0.405 e. The molecule has 21 heavy (non-hydrogen) atoms. The van der Waals surface area contributed by atoms with Crippen LogP contribution in [0.1, 0.15) is 18.0 Å². The maximum absolute atomic E-state index is 12.1. The van der Waals surface area contributed by atoms with Crippen LogP contribution in [0.3, 0.4) is 0 Å². The fraction of sp³-hybridized carbons (Fsp3) is 0.385. The maximum atomic E-state index is 12.1. The van der Waals surface area contributed by atoms with Crippen molar-refractivity contribution in [3.05, 3.63) is 29.3 Å². The number of aromatic nitrogens is 1. The molecule has 2 amide bonds. The third kappa shape index (κ3) is 3.84. The molecule has 4 nitrogen and oxygen atoms in total. The summed E-state index contributed by atoms with van der Waals surface area (Å²) in [5, 5.41) is 2.53. The molecule has 2 rings (SSSR count). The number of rotatable bonds is 3. The Hall–Kier alpha value is -1.83. The highest BCUT2D eigenvalue weighted by atomic mass is 32.1. The zero-order valence-corrected chi connectivity index (χ0v) is 12.3. The number of hydrogen-bond acceptors (Lipinski definition) is 3. The molecule has 1 atom stereocenters. The van der Waals surface area contributed by atoms with Crippen LogP contribution in [0.5, 0.6) is 0 Å². The van der Waals surface area contributed by atoms with Crippen LogP contribution in [0.25, 0.3) is 10.2 Å². The van der Waals surface area contributed by atoms with Crippen LogP contribution in [0, 0.1) is 0 Å². The normalized spacial score (nSPS) is 13.2. The second-order valence-electron chi connectivity index (χ2n) is 4.58. The van der Waals surface area contributed by atoms with Gasteiger partial charge in [-0.1, -0.05) is 12.1 Å². The first-order valence-corrected chi connectivity index (χ1v) is 7.02. The average Bonchev–Trinajstić information content (AvgIpc) is 2.86. The molecular weight excluding hydrogens is 303 g/mol. The Balaban J connectivity index is 2.07. The van der Waals surface area contributed by atoms with Gasteiger partial charge in [-0.2, -0.15) is 13.2 Å². The van der Waals surface area contributed by atoms with Crippen molar-refractivity contribution in [1.29, 1.82) is 0 Å². The van der Waals surface area contributed by atoms with Gasteiger partial charge in [0.2, 0.25) is 0 Å². The molecule has 1 aromatic carbocycles. The smallest absolute Gasteiger partial charge is 0.329 e. The Morgan fingerprint density at radius 3 is 2.71 bits per heavy atom. The van der Waals surface area contributed by atoms with Gasteiger partial charge in [0.05, 0.1) is 16.3 Å². The van der Waals surface area contributed by atoms with Crippen molar-refractivity contribution in [3.63, 3.8) is 0 Å². The van der Waals surface area contributed by atoms with E-state index in [9.17, 15) is 18.0 Å². The highest BCUT2D eigenvalue weighted by Gasteiger charge is 2.29. The molecule has 0 radical (unpaired) electrons. The molecule has 1 aromatic heterocycles. The molecule has 0 fully saturated rings. The standard InChI is InChI=1S/C13H14F3N3OS/c1-8(19(2)12(20)17-7-13(14,15)16)11-18-9-5-3-4-6-10(9)21-11/h3-6,8H,7H2,1-2H3,(H,17,20)/t8-/m0/s1. The first-order valence-electron chi connectivity index (χ1n) is 6.21. The number of fused-ring (bicyclic) bond motifs is 1. The van der Waals surface area contributed by atoms with Crippen LogP contribution in [0.15, 0.2) is 24.3 Å². The molecule has 0 saturated heterocycles. The lowest BCUT2D eigenvalue weighted by atomic mass is 10.3. The van der Waals surface area contributed by atoms with Crippen molar-refractivity contribution >= 4 is 27.6 Å². The third-order valence-corrected chi connectivity index (χ3v) is 4.22. The van der Waals surface area contributed by atoms with Crippen LogP contribution in [-0.2, 0) is 0 Å². The van der Waals surface area contributed by atoms with Crippen LogP contribution in [0.2, 0.25) is 0 Å². The number of thiazole rings is 1. The van der Waals surface area contributed by atoms with E-state index in [2.05, 4.69) is 4.98 Å². The van der Waals surface area contributed by atoms with Gasteiger partial charge in [0, 0.05) is 7.05 Å². The Bertz CT molecular complexity index is 608. The second kappa shape index (κ2) is 5.88. The van der Waals surface area contributed by atoms with Crippen molar-refractivity contribution in [3.8, 4) is 0 Å². The maximum Gasteiger partial charge on any atom is 0.405 e. The summed E-state index contributed by atoms with van der Waals surface area (Å²) in [5.41, 5.74) is 0.813. The number of carbonyl (C=O) groups excluding carboxylic acids is 1. The molecule has 0 aliphatic rings.